The van der Waals surface area contributed by atoms with Gasteiger partial charge in [-0.2, -0.15) is 0 Å². The number of hydrogen-bond donors (Lipinski definition) is 1. The van der Waals surface area contributed by atoms with Crippen molar-refractivity contribution in [1.82, 2.24) is 0 Å². The summed E-state index contributed by atoms with van der Waals surface area (Å²) >= 11 is 0. The highest BCUT2D eigenvalue weighted by atomic mass is 19.1. The molecule has 0 aliphatic heterocycles. The van der Waals surface area contributed by atoms with Gasteiger partial charge in [-0.3, -0.25) is 0 Å². The molecule has 3 heteroatoms. The topological polar surface area (TPSA) is 20.2 Å². The van der Waals surface area contributed by atoms with Gasteiger partial charge in [-0.15, -0.1) is 0 Å². The third-order valence-corrected chi connectivity index (χ3v) is 3.07. The maximum Gasteiger partial charge on any atom is 0.133 e. The molecule has 19 heavy (non-hydrogen) atoms. The SMILES string of the molecule is Oc1cc(-c2ccc(F)cc2F)c2ccccc2c1. The standard InChI is InChI=1S/C16H10F2O/c17-11-5-6-14(16(18)8-11)15-9-12(19)7-10-3-1-2-4-13(10)15/h1-9,19H. The van der Waals surface area contributed by atoms with Gasteiger partial charge in [0.25, 0.3) is 0 Å². The van der Waals surface area contributed by atoms with Crippen molar-refractivity contribution in [2.24, 2.45) is 0 Å². The molecule has 0 fully saturated rings. The number of phenols is 1. The second-order valence-electron chi connectivity index (χ2n) is 4.34. The lowest BCUT2D eigenvalue weighted by atomic mass is 9.97. The van der Waals surface area contributed by atoms with Crippen LogP contribution in [0.15, 0.2) is 54.6 Å². The van der Waals surface area contributed by atoms with Crippen LogP contribution >= 0.6 is 0 Å². The van der Waals surface area contributed by atoms with Crippen LogP contribution in [0.25, 0.3) is 21.9 Å². The third kappa shape index (κ3) is 2.03. The van der Waals surface area contributed by atoms with Crippen molar-refractivity contribution in [3.63, 3.8) is 0 Å². The van der Waals surface area contributed by atoms with Gasteiger partial charge in [0.05, 0.1) is 0 Å². The van der Waals surface area contributed by atoms with Crippen LogP contribution in [-0.4, -0.2) is 5.11 Å². The summed E-state index contributed by atoms with van der Waals surface area (Å²) in [5, 5.41) is 11.3. The number of halogens is 2. The number of phenolic OH excluding ortho intramolecular Hbond substituents is 1. The van der Waals surface area contributed by atoms with Gasteiger partial charge >= 0.3 is 0 Å². The molecule has 0 bridgehead atoms. The summed E-state index contributed by atoms with van der Waals surface area (Å²) in [5.74, 6) is -1.21. The largest absolute Gasteiger partial charge is 0.508 e. The molecule has 3 aromatic rings. The Kier molecular flexibility index (Phi) is 2.67. The number of benzene rings is 3. The predicted octanol–water partition coefficient (Wildman–Crippen LogP) is 4.49. The molecule has 0 heterocycles. The average molecular weight is 256 g/mol. The highest BCUT2D eigenvalue weighted by molar-refractivity contribution is 5.97. The monoisotopic (exact) mass is 256 g/mol. The summed E-state index contributed by atoms with van der Waals surface area (Å²) in [6.07, 6.45) is 0. The van der Waals surface area contributed by atoms with Crippen molar-refractivity contribution in [3.05, 3.63) is 66.2 Å². The van der Waals surface area contributed by atoms with Gasteiger partial charge in [0.2, 0.25) is 0 Å². The molecule has 0 aliphatic carbocycles. The van der Waals surface area contributed by atoms with Crippen molar-refractivity contribution < 1.29 is 13.9 Å². The molecule has 0 saturated carbocycles. The predicted molar refractivity (Wildman–Crippen MR) is 71.0 cm³/mol. The lowest BCUT2D eigenvalue weighted by Gasteiger charge is -2.09. The van der Waals surface area contributed by atoms with Gasteiger partial charge < -0.3 is 5.11 Å². The molecule has 0 aliphatic rings. The maximum absolute atomic E-state index is 13.9. The molecule has 0 unspecified atom stereocenters. The number of aromatic hydroxyl groups is 1. The van der Waals surface area contributed by atoms with Gasteiger partial charge in [-0.25, -0.2) is 8.78 Å². The molecule has 0 spiro atoms. The van der Waals surface area contributed by atoms with Crippen molar-refractivity contribution in [3.8, 4) is 16.9 Å². The Labute approximate surface area is 108 Å². The van der Waals surface area contributed by atoms with E-state index in [9.17, 15) is 13.9 Å². The van der Waals surface area contributed by atoms with Gasteiger partial charge in [0.15, 0.2) is 0 Å². The van der Waals surface area contributed by atoms with E-state index in [1.54, 1.807) is 6.07 Å². The quantitative estimate of drug-likeness (QED) is 0.680. The molecular weight excluding hydrogens is 246 g/mol. The Morgan fingerprint density at radius 3 is 2.37 bits per heavy atom. The highest BCUT2D eigenvalue weighted by Crippen LogP contribution is 2.34. The third-order valence-electron chi connectivity index (χ3n) is 3.07. The fourth-order valence-electron chi connectivity index (χ4n) is 2.23. The molecule has 0 radical (unpaired) electrons. The first kappa shape index (κ1) is 11.7. The van der Waals surface area contributed by atoms with E-state index in [1.165, 1.54) is 18.2 Å². The molecule has 0 saturated heterocycles. The first-order chi connectivity index (χ1) is 9.15. The number of hydrogen-bond acceptors (Lipinski definition) is 1. The fraction of sp³-hybridized carbons (Fsp3) is 0. The molecule has 1 N–H and O–H groups in total. The minimum absolute atomic E-state index is 0.0532. The highest BCUT2D eigenvalue weighted by Gasteiger charge is 2.11. The fourth-order valence-corrected chi connectivity index (χ4v) is 2.23. The molecule has 1 nitrogen and oxygen atoms in total. The van der Waals surface area contributed by atoms with Crippen LogP contribution in [0.3, 0.4) is 0 Å². The Morgan fingerprint density at radius 1 is 0.789 bits per heavy atom. The van der Waals surface area contributed by atoms with E-state index < -0.39 is 11.6 Å². The molecule has 0 amide bonds. The first-order valence-electron chi connectivity index (χ1n) is 5.82. The Morgan fingerprint density at radius 2 is 1.58 bits per heavy atom. The molecule has 94 valence electrons. The van der Waals surface area contributed by atoms with Gasteiger partial charge in [0, 0.05) is 11.6 Å². The van der Waals surface area contributed by atoms with Crippen molar-refractivity contribution in [1.29, 1.82) is 0 Å². The second-order valence-corrected chi connectivity index (χ2v) is 4.34. The number of fused-ring (bicyclic) bond motifs is 1. The summed E-state index contributed by atoms with van der Waals surface area (Å²) in [7, 11) is 0. The van der Waals surface area contributed by atoms with Gasteiger partial charge in [-0.1, -0.05) is 24.3 Å². The van der Waals surface area contributed by atoms with E-state index in [4.69, 9.17) is 0 Å². The van der Waals surface area contributed by atoms with E-state index >= 15 is 0 Å². The summed E-state index contributed by atoms with van der Waals surface area (Å²) < 4.78 is 26.8. The summed E-state index contributed by atoms with van der Waals surface area (Å²) in [5.41, 5.74) is 0.821. The van der Waals surface area contributed by atoms with Crippen LogP contribution in [-0.2, 0) is 0 Å². The summed E-state index contributed by atoms with van der Waals surface area (Å²) in [6, 6.07) is 13.9. The van der Waals surface area contributed by atoms with Gasteiger partial charge in [-0.05, 0) is 40.6 Å². The summed E-state index contributed by atoms with van der Waals surface area (Å²) in [6.45, 7) is 0. The van der Waals surface area contributed by atoms with Crippen LogP contribution in [0.2, 0.25) is 0 Å². The average Bonchev–Trinajstić information content (AvgIpc) is 2.38. The summed E-state index contributed by atoms with van der Waals surface area (Å²) in [4.78, 5) is 0. The lowest BCUT2D eigenvalue weighted by molar-refractivity contribution is 0.476. The normalized spacial score (nSPS) is 10.8. The van der Waals surface area contributed by atoms with E-state index in [0.29, 0.717) is 5.56 Å². The molecule has 3 aromatic carbocycles. The van der Waals surface area contributed by atoms with Gasteiger partial charge in [0.1, 0.15) is 17.4 Å². The van der Waals surface area contributed by atoms with E-state index in [2.05, 4.69) is 0 Å². The van der Waals surface area contributed by atoms with Crippen LogP contribution in [0.5, 0.6) is 5.75 Å². The Balaban J connectivity index is 2.35. The van der Waals surface area contributed by atoms with Crippen LogP contribution < -0.4 is 0 Å². The minimum Gasteiger partial charge on any atom is -0.508 e. The number of rotatable bonds is 1. The zero-order chi connectivity index (χ0) is 13.4. The van der Waals surface area contributed by atoms with E-state index in [0.717, 1.165) is 16.8 Å². The second kappa shape index (κ2) is 4.35. The maximum atomic E-state index is 13.9. The molecule has 0 aromatic heterocycles. The minimum atomic E-state index is -0.643. The lowest BCUT2D eigenvalue weighted by Crippen LogP contribution is -1.88. The Hall–Kier alpha value is -2.42. The molecule has 3 rings (SSSR count). The van der Waals surface area contributed by atoms with Crippen LogP contribution in [0.1, 0.15) is 0 Å². The van der Waals surface area contributed by atoms with Crippen molar-refractivity contribution >= 4 is 10.8 Å². The molecule has 0 atom stereocenters. The van der Waals surface area contributed by atoms with E-state index in [-0.39, 0.29) is 11.3 Å². The van der Waals surface area contributed by atoms with Crippen molar-refractivity contribution in [2.75, 3.05) is 0 Å². The van der Waals surface area contributed by atoms with Crippen LogP contribution in [0.4, 0.5) is 8.78 Å². The van der Waals surface area contributed by atoms with E-state index in [1.807, 2.05) is 24.3 Å². The zero-order valence-corrected chi connectivity index (χ0v) is 9.90. The molecular formula is C16H10F2O. The van der Waals surface area contributed by atoms with Crippen LogP contribution in [0, 0.1) is 11.6 Å². The zero-order valence-electron chi connectivity index (χ0n) is 9.90. The smallest absolute Gasteiger partial charge is 0.133 e. The Bertz CT molecular complexity index is 766. The van der Waals surface area contributed by atoms with Crippen molar-refractivity contribution in [2.45, 2.75) is 0 Å². The first-order valence-corrected chi connectivity index (χ1v) is 5.82.